The molecule has 0 bridgehead atoms. The van der Waals surface area contributed by atoms with Crippen LogP contribution in [0, 0.1) is 118 Å². The number of hydrogen-bond acceptors (Lipinski definition) is 6. The van der Waals surface area contributed by atoms with E-state index in [-0.39, 0.29) is 96.9 Å². The number of benzene rings is 8. The molecule has 2 saturated heterocycles. The summed E-state index contributed by atoms with van der Waals surface area (Å²) < 4.78 is 9.89. The van der Waals surface area contributed by atoms with Crippen LogP contribution in [0.2, 0.25) is 0 Å². The molecule has 2 aliphatic rings. The van der Waals surface area contributed by atoms with Gasteiger partial charge < -0.3 is 58.1 Å². The molecule has 14 heteroatoms. The van der Waals surface area contributed by atoms with Gasteiger partial charge >= 0.3 is 67.1 Å². The quantitative estimate of drug-likeness (QED) is 0.0523. The minimum Gasteiger partial charge on any atom is -0.443 e. The molecule has 10 nitrogen and oxygen atoms in total. The van der Waals surface area contributed by atoms with E-state index in [4.69, 9.17) is 9.47 Å². The van der Waals surface area contributed by atoms with Crippen molar-refractivity contribution >= 4 is 70.9 Å². The van der Waals surface area contributed by atoms with Crippen LogP contribution in [0.5, 0.6) is 0 Å². The standard InChI is InChI=1S/4C17H19N2.2C4H8O.CH3.4Au/c4*1-12-7-5-8-13(2)16(12)18-11-19-17-14(3)9-6-10-15(17)4;2*1-2-4-5-3-1;;;;;/h4*5-11H,1-4H3;2*1-4H2;1H3;;;;/q4*-1;;;-1;;3*+1. The van der Waals surface area contributed by atoms with Crippen LogP contribution in [0.3, 0.4) is 0 Å². The van der Waals surface area contributed by atoms with Gasteiger partial charge in [-0.25, -0.2) is 0 Å². The van der Waals surface area contributed by atoms with Gasteiger partial charge in [-0.05, 0) is 271 Å². The number of nitrogens with zero attached hydrogens (tertiary/aromatic N) is 8. The van der Waals surface area contributed by atoms with Crippen molar-refractivity contribution in [3.8, 4) is 0 Å². The fraction of sp³-hybridized carbons (Fsp3) is 0.312. The largest absolute Gasteiger partial charge is 1.00 e. The zero-order valence-electron chi connectivity index (χ0n) is 56.4. The van der Waals surface area contributed by atoms with E-state index in [9.17, 15) is 0 Å². The summed E-state index contributed by atoms with van der Waals surface area (Å²) in [7, 11) is 0. The molecule has 91 heavy (non-hydrogen) atoms. The van der Waals surface area contributed by atoms with Crippen molar-refractivity contribution in [2.75, 3.05) is 26.4 Å². The Kier molecular flexibility index (Phi) is 43.8. The van der Waals surface area contributed by atoms with Crippen molar-refractivity contribution < 1.29 is 99.0 Å². The van der Waals surface area contributed by atoms with E-state index in [0.717, 1.165) is 71.9 Å². The Morgan fingerprint density at radius 1 is 0.253 bits per heavy atom. The van der Waals surface area contributed by atoms with Crippen molar-refractivity contribution in [1.29, 1.82) is 0 Å². The summed E-state index contributed by atoms with van der Waals surface area (Å²) >= 11 is 0. The average Bonchev–Trinajstić information content (AvgIpc) is 4.41. The summed E-state index contributed by atoms with van der Waals surface area (Å²) in [5, 5.41) is 18.0. The van der Waals surface area contributed by atoms with Crippen molar-refractivity contribution in [3.05, 3.63) is 263 Å². The maximum absolute atomic E-state index is 4.94. The third-order valence-corrected chi connectivity index (χ3v) is 14.7. The molecule has 0 unspecified atom stereocenters. The normalized spacial score (nSPS) is 11.8. The predicted molar refractivity (Wildman–Crippen MR) is 379 cm³/mol. The molecule has 2 fully saturated rings. The summed E-state index contributed by atoms with van der Waals surface area (Å²) in [4.78, 5) is 18.0. The molecule has 10 rings (SSSR count). The molecule has 0 aromatic heterocycles. The topological polar surface area (TPSA) is 124 Å². The molecule has 501 valence electrons. The van der Waals surface area contributed by atoms with Crippen molar-refractivity contribution in [3.63, 3.8) is 0 Å². The van der Waals surface area contributed by atoms with Gasteiger partial charge in [-0.2, -0.15) is 0 Å². The Labute approximate surface area is 610 Å². The number of ether oxygens (including phenoxy) is 2. The molecule has 0 atom stereocenters. The molecule has 0 amide bonds. The molecule has 8 aromatic rings. The Morgan fingerprint density at radius 3 is 0.505 bits per heavy atom. The summed E-state index contributed by atoms with van der Waals surface area (Å²) in [5.41, 5.74) is 26.9. The molecular weight excluding hydrogens is 1860 g/mol. The Bertz CT molecular complexity index is 2920. The first-order valence-electron chi connectivity index (χ1n) is 30.0. The van der Waals surface area contributed by atoms with Gasteiger partial charge in [0.1, 0.15) is 0 Å². The second-order valence-electron chi connectivity index (χ2n) is 22.1. The van der Waals surface area contributed by atoms with Crippen LogP contribution in [-0.2, 0) is 99.0 Å². The number of hydrogen-bond donors (Lipinski definition) is 0. The first-order valence-corrected chi connectivity index (χ1v) is 30.0. The van der Waals surface area contributed by atoms with Crippen LogP contribution in [0.1, 0.15) is 115 Å². The number of aliphatic imine (C=N–C) groups is 4. The third kappa shape index (κ3) is 29.1. The Morgan fingerprint density at radius 2 is 0.385 bits per heavy atom. The molecule has 8 aromatic carbocycles. The summed E-state index contributed by atoms with van der Waals surface area (Å²) in [6.45, 7) is 37.1. The predicted octanol–water partition coefficient (Wildman–Crippen LogP) is 23.2. The maximum atomic E-state index is 4.94. The van der Waals surface area contributed by atoms with E-state index in [0.29, 0.717) is 0 Å². The zero-order chi connectivity index (χ0) is 62.4. The Hall–Kier alpha value is -5.48. The second-order valence-corrected chi connectivity index (χ2v) is 22.1. The van der Waals surface area contributed by atoms with Gasteiger partial charge in [-0.15, -0.1) is 0 Å². The number of para-hydroxylation sites is 8. The van der Waals surface area contributed by atoms with E-state index >= 15 is 0 Å². The molecule has 2 heterocycles. The molecular formula is C77H95Au4N8O2-2. The summed E-state index contributed by atoms with van der Waals surface area (Å²) in [5.74, 6) is 0. The van der Waals surface area contributed by atoms with Gasteiger partial charge in [0.25, 0.3) is 0 Å². The fourth-order valence-corrected chi connectivity index (χ4v) is 9.67. The van der Waals surface area contributed by atoms with Crippen molar-refractivity contribution in [2.45, 2.75) is 136 Å². The monoisotopic (exact) mass is 1950 g/mol. The van der Waals surface area contributed by atoms with E-state index < -0.39 is 0 Å². The van der Waals surface area contributed by atoms with Gasteiger partial charge in [0, 0.05) is 48.8 Å². The van der Waals surface area contributed by atoms with Gasteiger partial charge in [-0.3, -0.25) is 0 Å². The third-order valence-electron chi connectivity index (χ3n) is 14.7. The molecule has 2 aliphatic heterocycles. The molecule has 0 N–H and O–H groups in total. The van der Waals surface area contributed by atoms with Gasteiger partial charge in [-0.1, -0.05) is 171 Å². The van der Waals surface area contributed by atoms with Crippen LogP contribution < -0.4 is 0 Å². The number of aryl methyl sites for hydroxylation is 16. The van der Waals surface area contributed by atoms with Crippen molar-refractivity contribution in [1.82, 2.24) is 0 Å². The van der Waals surface area contributed by atoms with Gasteiger partial charge in [0.2, 0.25) is 0 Å². The van der Waals surface area contributed by atoms with E-state index in [1.807, 2.05) is 48.5 Å². The SMILES string of the molecule is C1CCOC1.C1CCOC1.Cc1cccc(C)c1N=C[N-]c1c(C)cccc1C.Cc1cccc(C)c1N=C[N-]c1c(C)cccc1C.Cc1cccc(C)c1N=C[N-]c1c(C)cccc1C.Cc1cccc(C)c1N=C[N-]c1c(C)cccc1C.[Au+].[Au+].[Au+].[Au].[CH3-]. The van der Waals surface area contributed by atoms with Crippen LogP contribution in [0.25, 0.3) is 21.3 Å². The summed E-state index contributed by atoms with van der Waals surface area (Å²) in [6, 6.07) is 49.5. The van der Waals surface area contributed by atoms with Crippen LogP contribution in [0.4, 0.5) is 45.5 Å². The van der Waals surface area contributed by atoms with E-state index in [1.54, 1.807) is 25.4 Å². The zero-order valence-corrected chi connectivity index (χ0v) is 65.1. The van der Waals surface area contributed by atoms with Crippen molar-refractivity contribution in [2.24, 2.45) is 20.0 Å². The first kappa shape index (κ1) is 85.5. The fourth-order valence-electron chi connectivity index (χ4n) is 9.67. The number of rotatable bonds is 12. The second kappa shape index (κ2) is 46.6. The van der Waals surface area contributed by atoms with E-state index in [2.05, 4.69) is 249 Å². The molecule has 0 aliphatic carbocycles. The molecule has 1 radical (unpaired) electrons. The van der Waals surface area contributed by atoms with Gasteiger partial charge in [0.15, 0.2) is 0 Å². The van der Waals surface area contributed by atoms with Crippen LogP contribution in [-0.4, -0.2) is 51.8 Å². The molecule has 0 saturated carbocycles. The Balaban J connectivity index is 0.00000110. The minimum atomic E-state index is 0. The van der Waals surface area contributed by atoms with Crippen LogP contribution in [0.15, 0.2) is 166 Å². The first-order chi connectivity index (χ1) is 41.4. The maximum Gasteiger partial charge on any atom is 1.00 e. The van der Waals surface area contributed by atoms with Crippen LogP contribution >= 0.6 is 0 Å². The molecule has 0 spiro atoms. The van der Waals surface area contributed by atoms with E-state index in [1.165, 1.54) is 115 Å². The minimum absolute atomic E-state index is 0. The average molecular weight is 1950 g/mol. The van der Waals surface area contributed by atoms with Gasteiger partial charge in [0.05, 0.1) is 0 Å². The smallest absolute Gasteiger partial charge is 0.443 e. The summed E-state index contributed by atoms with van der Waals surface area (Å²) in [6.07, 6.45) is 11.7.